The van der Waals surface area contributed by atoms with Gasteiger partial charge >= 0.3 is 0 Å². The Labute approximate surface area is 157 Å². The smallest absolute Gasteiger partial charge is 0.0952 e. The fourth-order valence-electron chi connectivity index (χ4n) is 2.72. The van der Waals surface area contributed by atoms with Gasteiger partial charge in [0.2, 0.25) is 0 Å². The van der Waals surface area contributed by atoms with E-state index in [1.54, 1.807) is 5.20 Å². The van der Waals surface area contributed by atoms with Crippen LogP contribution in [0.2, 0.25) is 39.3 Å². The molecule has 0 saturated carbocycles. The van der Waals surface area contributed by atoms with Crippen molar-refractivity contribution in [3.8, 4) is 0 Å². The normalized spacial score (nSPS) is 13.6. The van der Waals surface area contributed by atoms with Gasteiger partial charge < -0.3 is 0 Å². The van der Waals surface area contributed by atoms with Gasteiger partial charge in [0.1, 0.15) is 0 Å². The molecule has 0 nitrogen and oxygen atoms in total. The van der Waals surface area contributed by atoms with E-state index in [9.17, 15) is 0 Å². The summed E-state index contributed by atoms with van der Waals surface area (Å²) in [6.45, 7) is 14.5. The highest BCUT2D eigenvalue weighted by Crippen LogP contribution is 2.14. The lowest BCUT2D eigenvalue weighted by molar-refractivity contribution is 1.68. The van der Waals surface area contributed by atoms with Gasteiger partial charge in [-0.1, -0.05) is 133 Å². The topological polar surface area (TPSA) is 0 Å². The van der Waals surface area contributed by atoms with Crippen LogP contribution < -0.4 is 10.4 Å². The molecule has 0 N–H and O–H groups in total. The number of allylic oxidation sites excluding steroid dienone is 2. The molecule has 2 rings (SSSR count). The molecule has 0 fully saturated rings. The van der Waals surface area contributed by atoms with E-state index in [0.717, 1.165) is 0 Å². The average molecular weight is 380 g/mol. The minimum atomic E-state index is -1.32. The Balaban J connectivity index is 2.61. The molecule has 0 spiro atoms. The lowest BCUT2D eigenvalue weighted by atomic mass is 10.4. The summed E-state index contributed by atoms with van der Waals surface area (Å²) in [4.78, 5) is 0. The Hall–Kier alpha value is -1.43. The number of hydrogen-bond acceptors (Lipinski definition) is 0. The summed E-state index contributed by atoms with van der Waals surface area (Å²) in [7, 11) is -3.51. The van der Waals surface area contributed by atoms with Crippen LogP contribution in [0.5, 0.6) is 0 Å². The predicted molar refractivity (Wildman–Crippen MR) is 122 cm³/mol. The monoisotopic (exact) mass is 379 g/mol. The Morgan fingerprint density at radius 1 is 0.680 bits per heavy atom. The van der Waals surface area contributed by atoms with E-state index in [1.165, 1.54) is 10.4 Å². The van der Waals surface area contributed by atoms with Crippen LogP contribution >= 0.6 is 0 Å². The lowest BCUT2D eigenvalue weighted by Crippen LogP contribution is -2.44. The van der Waals surface area contributed by atoms with E-state index >= 15 is 0 Å². The third-order valence-electron chi connectivity index (χ3n) is 3.77. The maximum atomic E-state index is 2.62. The van der Waals surface area contributed by atoms with Crippen LogP contribution in [0.1, 0.15) is 0 Å². The van der Waals surface area contributed by atoms with Crippen molar-refractivity contribution in [3.63, 3.8) is 0 Å². The molecule has 0 heterocycles. The van der Waals surface area contributed by atoms with Crippen LogP contribution in [0, 0.1) is 0 Å². The largest absolute Gasteiger partial charge is 0.153 e. The van der Waals surface area contributed by atoms with Crippen LogP contribution in [0.4, 0.5) is 0 Å². The number of hydrogen-bond donors (Lipinski definition) is 0. The Bertz CT molecular complexity index is 678. The van der Waals surface area contributed by atoms with Gasteiger partial charge in [0, 0.05) is 0 Å². The summed E-state index contributed by atoms with van der Waals surface area (Å²) in [5.74, 6) is 0. The highest BCUT2D eigenvalue weighted by Gasteiger charge is 2.23. The minimum absolute atomic E-state index is 0.962. The molecule has 0 aromatic heterocycles. The molecular formula is C22H31Si3. The molecule has 25 heavy (non-hydrogen) atoms. The van der Waals surface area contributed by atoms with E-state index in [-0.39, 0.29) is 0 Å². The second-order valence-electron chi connectivity index (χ2n) is 8.77. The minimum Gasteiger partial charge on any atom is -0.0952 e. The van der Waals surface area contributed by atoms with Crippen molar-refractivity contribution in [1.82, 2.24) is 0 Å². The van der Waals surface area contributed by atoms with Crippen LogP contribution in [-0.4, -0.2) is 24.9 Å². The fraction of sp³-hybridized carbons (Fsp3) is 0.273. The molecule has 3 heteroatoms. The average Bonchev–Trinajstić information content (AvgIpc) is 2.53. The molecule has 2 aromatic carbocycles. The van der Waals surface area contributed by atoms with Gasteiger partial charge in [-0.2, -0.15) is 0 Å². The lowest BCUT2D eigenvalue weighted by Gasteiger charge is -2.22. The van der Waals surface area contributed by atoms with Crippen molar-refractivity contribution < 1.29 is 0 Å². The summed E-state index contributed by atoms with van der Waals surface area (Å²) >= 11 is 0. The summed E-state index contributed by atoms with van der Waals surface area (Å²) in [6.07, 6.45) is 2.47. The van der Waals surface area contributed by atoms with Crippen LogP contribution in [0.15, 0.2) is 83.3 Å². The third-order valence-corrected chi connectivity index (χ3v) is 9.11. The first-order valence-corrected chi connectivity index (χ1v) is 17.7. The van der Waals surface area contributed by atoms with E-state index < -0.39 is 24.9 Å². The van der Waals surface area contributed by atoms with Gasteiger partial charge in [-0.05, 0) is 0 Å². The van der Waals surface area contributed by atoms with Gasteiger partial charge in [-0.15, -0.1) is 0 Å². The second-order valence-corrected chi connectivity index (χ2v) is 21.3. The Kier molecular flexibility index (Phi) is 6.60. The highest BCUT2D eigenvalue weighted by atomic mass is 28.3. The maximum absolute atomic E-state index is 2.62. The first-order chi connectivity index (χ1) is 11.7. The predicted octanol–water partition coefficient (Wildman–Crippen LogP) is 5.07. The molecular weight excluding hydrogens is 349 g/mol. The van der Waals surface area contributed by atoms with Crippen molar-refractivity contribution >= 4 is 35.3 Å². The van der Waals surface area contributed by atoms with Gasteiger partial charge in [0.05, 0.1) is 16.1 Å². The zero-order chi connectivity index (χ0) is 18.5. The second kappa shape index (κ2) is 8.30. The molecule has 0 unspecified atom stereocenters. The number of rotatable bonds is 6. The molecule has 0 bridgehead atoms. The van der Waals surface area contributed by atoms with Gasteiger partial charge in [0.15, 0.2) is 8.80 Å². The zero-order valence-electron chi connectivity index (χ0n) is 16.5. The van der Waals surface area contributed by atoms with E-state index in [0.29, 0.717) is 0 Å². The zero-order valence-corrected chi connectivity index (χ0v) is 19.5. The van der Waals surface area contributed by atoms with Crippen molar-refractivity contribution in [2.45, 2.75) is 39.3 Å². The molecule has 131 valence electrons. The van der Waals surface area contributed by atoms with Crippen LogP contribution in [-0.2, 0) is 0 Å². The van der Waals surface area contributed by atoms with Gasteiger partial charge in [0.25, 0.3) is 0 Å². The molecule has 0 aliphatic carbocycles. The van der Waals surface area contributed by atoms with Crippen molar-refractivity contribution in [3.05, 3.63) is 83.3 Å². The van der Waals surface area contributed by atoms with Crippen LogP contribution in [0.25, 0.3) is 0 Å². The van der Waals surface area contributed by atoms with Gasteiger partial charge in [-0.3, -0.25) is 0 Å². The molecule has 1 radical (unpaired) electrons. The summed E-state index contributed by atoms with van der Waals surface area (Å²) < 4.78 is 0. The quantitative estimate of drug-likeness (QED) is 0.485. The SMILES string of the molecule is C[Si](C)(C)/C=C/C(=C\[Si](C)(C)C)[Si](c1ccccc1)c1ccccc1. The molecule has 0 aliphatic rings. The molecule has 0 atom stereocenters. The van der Waals surface area contributed by atoms with E-state index in [4.69, 9.17) is 0 Å². The van der Waals surface area contributed by atoms with Crippen molar-refractivity contribution in [1.29, 1.82) is 0 Å². The molecule has 0 saturated heterocycles. The number of benzene rings is 2. The Morgan fingerprint density at radius 3 is 1.48 bits per heavy atom. The van der Waals surface area contributed by atoms with Crippen molar-refractivity contribution in [2.75, 3.05) is 0 Å². The summed E-state index contributed by atoms with van der Waals surface area (Å²) in [5.41, 5.74) is 5.13. The standard InChI is InChI=1S/C22H31Si3/c1-24(2,3)18-17-22(19-25(4,5)6)23(20-13-9-7-10-14-20)21-15-11-8-12-16-21/h7-19H,1-6H3/b18-17+,22-19+. The van der Waals surface area contributed by atoms with E-state index in [2.05, 4.69) is 117 Å². The molecule has 2 aromatic rings. The first-order valence-electron chi connectivity index (χ1n) is 9.06. The van der Waals surface area contributed by atoms with Crippen molar-refractivity contribution in [2.24, 2.45) is 0 Å². The van der Waals surface area contributed by atoms with Crippen LogP contribution in [0.3, 0.4) is 0 Å². The summed E-state index contributed by atoms with van der Waals surface area (Å²) in [5, 5.41) is 4.51. The molecule has 0 amide bonds. The highest BCUT2D eigenvalue weighted by molar-refractivity contribution is 6.93. The summed E-state index contributed by atoms with van der Waals surface area (Å²) in [6, 6.07) is 22.2. The van der Waals surface area contributed by atoms with E-state index in [1.807, 2.05) is 0 Å². The fourth-order valence-corrected chi connectivity index (χ4v) is 8.77. The third kappa shape index (κ3) is 6.77. The molecule has 0 aliphatic heterocycles. The van der Waals surface area contributed by atoms with Gasteiger partial charge in [-0.25, -0.2) is 0 Å². The Morgan fingerprint density at radius 2 is 1.12 bits per heavy atom. The first kappa shape index (κ1) is 19.9. The maximum Gasteiger partial charge on any atom is 0.153 e.